The molecule has 32 heavy (non-hydrogen) atoms. The molecule has 1 N–H and O–H groups in total. The molecule has 0 aliphatic carbocycles. The van der Waals surface area contributed by atoms with Crippen molar-refractivity contribution in [3.63, 3.8) is 0 Å². The van der Waals surface area contributed by atoms with Crippen LogP contribution in [0.25, 0.3) is 16.7 Å². The maximum absolute atomic E-state index is 12.9. The molecule has 1 amide bonds. The normalized spacial score (nSPS) is 14.6. The second-order valence-electron chi connectivity index (χ2n) is 7.89. The summed E-state index contributed by atoms with van der Waals surface area (Å²) in [5, 5.41) is 3.29. The smallest absolute Gasteiger partial charge is 0.291 e. The number of rotatable bonds is 4. The first-order valence-corrected chi connectivity index (χ1v) is 10.5. The quantitative estimate of drug-likeness (QED) is 0.537. The molecule has 5 rings (SSSR count). The summed E-state index contributed by atoms with van der Waals surface area (Å²) < 4.78 is 7.86. The van der Waals surface area contributed by atoms with Gasteiger partial charge in [0, 0.05) is 56.0 Å². The van der Waals surface area contributed by atoms with Crippen molar-refractivity contribution >= 4 is 28.3 Å². The minimum atomic E-state index is -0.465. The van der Waals surface area contributed by atoms with E-state index in [0.717, 1.165) is 37.6 Å². The van der Waals surface area contributed by atoms with Gasteiger partial charge in [0.15, 0.2) is 16.8 Å². The van der Waals surface area contributed by atoms with E-state index in [-0.39, 0.29) is 11.2 Å². The molecule has 0 bridgehead atoms. The van der Waals surface area contributed by atoms with Gasteiger partial charge in [0.2, 0.25) is 0 Å². The van der Waals surface area contributed by atoms with E-state index in [0.29, 0.717) is 16.7 Å². The van der Waals surface area contributed by atoms with Crippen LogP contribution in [-0.2, 0) is 0 Å². The molecule has 1 fully saturated rings. The van der Waals surface area contributed by atoms with Gasteiger partial charge < -0.3 is 24.1 Å². The topological polar surface area (TPSA) is 83.6 Å². The van der Waals surface area contributed by atoms with Crippen LogP contribution >= 0.6 is 0 Å². The number of carbonyl (C=O) groups is 1. The second kappa shape index (κ2) is 8.32. The molecule has 1 aliphatic rings. The van der Waals surface area contributed by atoms with Gasteiger partial charge in [0.1, 0.15) is 0 Å². The van der Waals surface area contributed by atoms with Gasteiger partial charge >= 0.3 is 0 Å². The van der Waals surface area contributed by atoms with Gasteiger partial charge in [-0.05, 0) is 43.4 Å². The van der Waals surface area contributed by atoms with Crippen LogP contribution < -0.4 is 15.6 Å². The summed E-state index contributed by atoms with van der Waals surface area (Å²) in [7, 11) is 2.09. The molecule has 1 saturated heterocycles. The Labute approximate surface area is 184 Å². The van der Waals surface area contributed by atoms with Crippen molar-refractivity contribution in [3.05, 3.63) is 83.2 Å². The molecular formula is C24H23N5O3. The van der Waals surface area contributed by atoms with Crippen molar-refractivity contribution in [3.8, 4) is 5.69 Å². The van der Waals surface area contributed by atoms with Crippen LogP contribution in [0.5, 0.6) is 0 Å². The number of amides is 1. The van der Waals surface area contributed by atoms with Crippen LogP contribution in [0.3, 0.4) is 0 Å². The number of carbonyl (C=O) groups excluding carboxylic acids is 1. The summed E-state index contributed by atoms with van der Waals surface area (Å²) in [6, 6.07) is 14.1. The van der Waals surface area contributed by atoms with Crippen LogP contribution in [0.2, 0.25) is 0 Å². The molecule has 8 heteroatoms. The summed E-state index contributed by atoms with van der Waals surface area (Å²) in [5.41, 5.74) is 2.59. The highest BCUT2D eigenvalue weighted by molar-refractivity contribution is 6.03. The summed E-state index contributed by atoms with van der Waals surface area (Å²) in [6.45, 7) is 3.52. The fourth-order valence-electron chi connectivity index (χ4n) is 3.89. The number of nitrogens with zero attached hydrogens (tertiary/aromatic N) is 4. The number of hydrogen-bond acceptors (Lipinski definition) is 6. The fourth-order valence-corrected chi connectivity index (χ4v) is 3.89. The highest BCUT2D eigenvalue weighted by atomic mass is 16.3. The van der Waals surface area contributed by atoms with Gasteiger partial charge in [-0.15, -0.1) is 0 Å². The maximum atomic E-state index is 12.9. The number of likely N-dealkylation sites (N-methyl/N-ethyl adjacent to an activating group) is 1. The lowest BCUT2D eigenvalue weighted by Crippen LogP contribution is -2.44. The van der Waals surface area contributed by atoms with E-state index in [2.05, 4.69) is 27.1 Å². The Bertz CT molecular complexity index is 1300. The van der Waals surface area contributed by atoms with Crippen LogP contribution in [0.4, 0.5) is 11.4 Å². The van der Waals surface area contributed by atoms with Crippen LogP contribution in [0, 0.1) is 0 Å². The number of para-hydroxylation sites is 1. The lowest BCUT2D eigenvalue weighted by molar-refractivity contribution is 0.0997. The third kappa shape index (κ3) is 3.88. The number of imidazole rings is 1. The molecule has 8 nitrogen and oxygen atoms in total. The van der Waals surface area contributed by atoms with E-state index >= 15 is 0 Å². The molecule has 0 spiro atoms. The number of fused-ring (bicyclic) bond motifs is 1. The number of benzene rings is 2. The molecule has 162 valence electrons. The third-order valence-electron chi connectivity index (χ3n) is 5.73. The molecular weight excluding hydrogens is 406 g/mol. The summed E-state index contributed by atoms with van der Waals surface area (Å²) in [4.78, 5) is 34.1. The van der Waals surface area contributed by atoms with Crippen molar-refractivity contribution in [2.45, 2.75) is 0 Å². The standard InChI is InChI=1S/C24H23N5O3/c1-27-11-13-28(14-12-27)20-4-2-3-19-21(30)15-22(32-23(19)20)24(31)26-17-5-7-18(8-6-17)29-10-9-25-16-29/h2-10,15-16H,11-14H2,1H3,(H,26,31). The van der Waals surface area contributed by atoms with E-state index in [1.807, 2.05) is 35.0 Å². The molecule has 0 radical (unpaired) electrons. The van der Waals surface area contributed by atoms with Gasteiger partial charge in [0.25, 0.3) is 5.91 Å². The molecule has 2 aromatic carbocycles. The largest absolute Gasteiger partial charge is 0.448 e. The average molecular weight is 429 g/mol. The summed E-state index contributed by atoms with van der Waals surface area (Å²) >= 11 is 0. The molecule has 3 heterocycles. The zero-order chi connectivity index (χ0) is 22.1. The molecule has 2 aromatic heterocycles. The highest BCUT2D eigenvalue weighted by Gasteiger charge is 2.20. The van der Waals surface area contributed by atoms with Gasteiger partial charge in [-0.1, -0.05) is 6.07 Å². The lowest BCUT2D eigenvalue weighted by atomic mass is 10.1. The first kappa shape index (κ1) is 20.0. The SMILES string of the molecule is CN1CCN(c2cccc3c(=O)cc(C(=O)Nc4ccc(-n5ccnc5)cc4)oc23)CC1. The van der Waals surface area contributed by atoms with Crippen molar-refractivity contribution in [2.24, 2.45) is 0 Å². The minimum absolute atomic E-state index is 0.0113. The molecule has 1 aliphatic heterocycles. The average Bonchev–Trinajstić information content (AvgIpc) is 3.35. The first-order chi connectivity index (χ1) is 15.6. The van der Waals surface area contributed by atoms with Gasteiger partial charge in [-0.3, -0.25) is 9.59 Å². The molecule has 4 aromatic rings. The van der Waals surface area contributed by atoms with Crippen molar-refractivity contribution in [1.82, 2.24) is 14.5 Å². The van der Waals surface area contributed by atoms with Gasteiger partial charge in [-0.2, -0.15) is 0 Å². The molecule has 0 atom stereocenters. The summed E-state index contributed by atoms with van der Waals surface area (Å²) in [6.07, 6.45) is 5.25. The Hall–Kier alpha value is -3.91. The maximum Gasteiger partial charge on any atom is 0.291 e. The van der Waals surface area contributed by atoms with E-state index < -0.39 is 5.91 Å². The Balaban J connectivity index is 1.43. The Morgan fingerprint density at radius 1 is 1.06 bits per heavy atom. The number of piperazine rings is 1. The van der Waals surface area contributed by atoms with Crippen LogP contribution in [-0.4, -0.2) is 53.6 Å². The Morgan fingerprint density at radius 2 is 1.84 bits per heavy atom. The third-order valence-corrected chi connectivity index (χ3v) is 5.73. The van der Waals surface area contributed by atoms with Gasteiger partial charge in [-0.25, -0.2) is 4.98 Å². The predicted octanol–water partition coefficient (Wildman–Crippen LogP) is 2.98. The first-order valence-electron chi connectivity index (χ1n) is 10.5. The predicted molar refractivity (Wildman–Crippen MR) is 124 cm³/mol. The van der Waals surface area contributed by atoms with E-state index in [1.54, 1.807) is 30.7 Å². The number of aromatic nitrogens is 2. The highest BCUT2D eigenvalue weighted by Crippen LogP contribution is 2.27. The molecule has 0 saturated carbocycles. The van der Waals surface area contributed by atoms with Crippen molar-refractivity contribution in [2.75, 3.05) is 43.4 Å². The number of hydrogen-bond donors (Lipinski definition) is 1. The number of nitrogens with one attached hydrogen (secondary N) is 1. The molecule has 0 unspecified atom stereocenters. The Morgan fingerprint density at radius 3 is 2.56 bits per heavy atom. The van der Waals surface area contributed by atoms with Gasteiger partial charge in [0.05, 0.1) is 17.4 Å². The van der Waals surface area contributed by atoms with Crippen molar-refractivity contribution in [1.29, 1.82) is 0 Å². The van der Waals surface area contributed by atoms with E-state index in [1.165, 1.54) is 6.07 Å². The van der Waals surface area contributed by atoms with E-state index in [9.17, 15) is 9.59 Å². The lowest BCUT2D eigenvalue weighted by Gasteiger charge is -2.34. The zero-order valence-corrected chi connectivity index (χ0v) is 17.7. The summed E-state index contributed by atoms with van der Waals surface area (Å²) in [5.74, 6) is -0.477. The van der Waals surface area contributed by atoms with Crippen LogP contribution in [0.15, 0.2) is 76.5 Å². The zero-order valence-electron chi connectivity index (χ0n) is 17.7. The number of anilines is 2. The Kier molecular flexibility index (Phi) is 5.20. The van der Waals surface area contributed by atoms with Crippen molar-refractivity contribution < 1.29 is 9.21 Å². The second-order valence-corrected chi connectivity index (χ2v) is 7.89. The van der Waals surface area contributed by atoms with E-state index in [4.69, 9.17) is 4.42 Å². The monoisotopic (exact) mass is 429 g/mol. The minimum Gasteiger partial charge on any atom is -0.448 e. The van der Waals surface area contributed by atoms with Crippen LogP contribution in [0.1, 0.15) is 10.6 Å². The fraction of sp³-hybridized carbons (Fsp3) is 0.208.